The van der Waals surface area contributed by atoms with Crippen LogP contribution in [0.2, 0.25) is 0 Å². The molecule has 0 unspecified atom stereocenters. The fraction of sp³-hybridized carbons (Fsp3) is 0.429. The molecule has 3 heterocycles. The molecule has 51 heavy (non-hydrogen) atoms. The van der Waals surface area contributed by atoms with Gasteiger partial charge in [-0.15, -0.1) is 0 Å². The number of hydrogen-bond acceptors (Lipinski definition) is 0. The summed E-state index contributed by atoms with van der Waals surface area (Å²) in [5.41, 5.74) is 18.3. The number of hydrogen-bond donors (Lipinski definition) is 0. The predicted octanol–water partition coefficient (Wildman–Crippen LogP) is 12.0. The van der Waals surface area contributed by atoms with Crippen molar-refractivity contribution in [3.05, 3.63) is 124 Å². The van der Waals surface area contributed by atoms with Crippen LogP contribution in [-0.4, -0.2) is 0 Å². The third kappa shape index (κ3) is 6.07. The summed E-state index contributed by atoms with van der Waals surface area (Å²) in [4.78, 5) is 0. The van der Waals surface area contributed by atoms with E-state index in [9.17, 15) is 0 Å². The van der Waals surface area contributed by atoms with E-state index in [0.29, 0.717) is 0 Å². The first kappa shape index (κ1) is 35.4. The molecule has 5 aromatic rings. The van der Waals surface area contributed by atoms with E-state index >= 15 is 0 Å². The number of rotatable bonds is 8. The van der Waals surface area contributed by atoms with Crippen LogP contribution in [0, 0.1) is 20.8 Å². The third-order valence-electron chi connectivity index (χ3n) is 12.9. The van der Waals surface area contributed by atoms with Gasteiger partial charge in [-0.3, -0.25) is 0 Å². The molecule has 3 aromatic carbocycles. The van der Waals surface area contributed by atoms with Crippen LogP contribution in [0.1, 0.15) is 126 Å². The Morgan fingerprint density at radius 3 is 2.12 bits per heavy atom. The van der Waals surface area contributed by atoms with Gasteiger partial charge in [0.1, 0.15) is 0 Å². The number of pyridine rings is 2. The summed E-state index contributed by atoms with van der Waals surface area (Å²) in [6.45, 7) is 24.5. The molecule has 2 aliphatic rings. The quantitative estimate of drug-likeness (QED) is 0.145. The van der Waals surface area contributed by atoms with Crippen LogP contribution in [0.5, 0.6) is 0 Å². The lowest BCUT2D eigenvalue weighted by Crippen LogP contribution is -2.46. The highest BCUT2D eigenvalue weighted by Crippen LogP contribution is 2.48. The van der Waals surface area contributed by atoms with Gasteiger partial charge in [-0.05, 0) is 128 Å². The molecule has 0 saturated heterocycles. The van der Waals surface area contributed by atoms with E-state index < -0.39 is 0 Å². The Labute approximate surface area is 308 Å². The number of unbranched alkanes of at least 4 members (excludes halogenated alkanes) is 1. The lowest BCUT2D eigenvalue weighted by atomic mass is 9.62. The first-order chi connectivity index (χ1) is 24.3. The van der Waals surface area contributed by atoms with Crippen LogP contribution in [-0.2, 0) is 29.2 Å². The van der Waals surface area contributed by atoms with Gasteiger partial charge in [0.05, 0.1) is 5.56 Å². The number of fused-ring (bicyclic) bond motifs is 5. The summed E-state index contributed by atoms with van der Waals surface area (Å²) in [6.07, 6.45) is 13.1. The average molecular weight is 677 g/mol. The minimum atomic E-state index is -0.0623. The highest BCUT2D eigenvalue weighted by Gasteiger charge is 2.41. The van der Waals surface area contributed by atoms with E-state index in [2.05, 4.69) is 163 Å². The maximum atomic E-state index is 2.66. The van der Waals surface area contributed by atoms with Gasteiger partial charge in [-0.2, -0.15) is 9.13 Å². The predicted molar refractivity (Wildman–Crippen MR) is 216 cm³/mol. The lowest BCUT2D eigenvalue weighted by Gasteiger charge is -2.42. The maximum absolute atomic E-state index is 2.66. The van der Waals surface area contributed by atoms with Crippen molar-refractivity contribution in [1.29, 1.82) is 0 Å². The Bertz CT molecular complexity index is 2170. The molecule has 0 saturated carbocycles. The zero-order valence-corrected chi connectivity index (χ0v) is 33.1. The van der Waals surface area contributed by atoms with Gasteiger partial charge in [-0.25, -0.2) is 0 Å². The highest BCUT2D eigenvalue weighted by atomic mass is 15.1. The molecule has 0 amide bonds. The van der Waals surface area contributed by atoms with Crippen LogP contribution in [0.4, 0.5) is 0 Å². The van der Waals surface area contributed by atoms with Gasteiger partial charge in [0.2, 0.25) is 29.1 Å². The van der Waals surface area contributed by atoms with Crippen molar-refractivity contribution in [1.82, 2.24) is 0 Å². The van der Waals surface area contributed by atoms with Crippen LogP contribution in [0.25, 0.3) is 39.1 Å². The second kappa shape index (κ2) is 13.2. The van der Waals surface area contributed by atoms with E-state index in [-0.39, 0.29) is 16.2 Å². The van der Waals surface area contributed by atoms with Gasteiger partial charge >= 0.3 is 0 Å². The van der Waals surface area contributed by atoms with E-state index in [0.717, 1.165) is 25.8 Å². The van der Waals surface area contributed by atoms with Gasteiger partial charge < -0.3 is 0 Å². The van der Waals surface area contributed by atoms with E-state index in [1.165, 1.54) is 104 Å². The van der Waals surface area contributed by atoms with E-state index in [1.807, 2.05) is 0 Å². The van der Waals surface area contributed by atoms with Gasteiger partial charge in [0.25, 0.3) is 0 Å². The van der Waals surface area contributed by atoms with Crippen molar-refractivity contribution in [2.75, 3.05) is 0 Å². The number of aryl methyl sites for hydroxylation is 4. The van der Waals surface area contributed by atoms with Crippen LogP contribution in [0.3, 0.4) is 0 Å². The van der Waals surface area contributed by atoms with Crippen molar-refractivity contribution in [3.8, 4) is 22.5 Å². The van der Waals surface area contributed by atoms with Crippen molar-refractivity contribution in [3.63, 3.8) is 0 Å². The Morgan fingerprint density at radius 2 is 1.41 bits per heavy atom. The number of aromatic nitrogens is 2. The van der Waals surface area contributed by atoms with Gasteiger partial charge in [0, 0.05) is 46.2 Å². The molecule has 2 aromatic heterocycles. The first-order valence-electron chi connectivity index (χ1n) is 19.8. The second-order valence-electron chi connectivity index (χ2n) is 17.2. The molecule has 0 N–H and O–H groups in total. The Hall–Kier alpha value is -4.04. The third-order valence-corrected chi connectivity index (χ3v) is 12.9. The summed E-state index contributed by atoms with van der Waals surface area (Å²) in [6, 6.07) is 28.7. The first-order valence-corrected chi connectivity index (χ1v) is 19.8. The maximum Gasteiger partial charge on any atom is 0.250 e. The molecular weight excluding hydrogens is 617 g/mol. The normalized spacial score (nSPS) is 16.9. The number of nitrogens with zero attached hydrogens (tertiary/aromatic N) is 2. The van der Waals surface area contributed by atoms with Crippen molar-refractivity contribution < 1.29 is 9.13 Å². The fourth-order valence-electron chi connectivity index (χ4n) is 9.43. The Kier molecular flexibility index (Phi) is 9.14. The summed E-state index contributed by atoms with van der Waals surface area (Å²) >= 11 is 0. The smallest absolute Gasteiger partial charge is 0.180 e. The molecule has 0 atom stereocenters. The summed E-state index contributed by atoms with van der Waals surface area (Å²) in [5.74, 6) is 0. The molecule has 2 heteroatoms. The summed E-state index contributed by atoms with van der Waals surface area (Å²) in [7, 11) is 0. The van der Waals surface area contributed by atoms with E-state index in [1.54, 1.807) is 0 Å². The molecule has 1 aliphatic carbocycles. The highest BCUT2D eigenvalue weighted by molar-refractivity contribution is 5.81. The molecule has 7 rings (SSSR count). The van der Waals surface area contributed by atoms with Crippen molar-refractivity contribution >= 4 is 16.6 Å². The van der Waals surface area contributed by atoms with Gasteiger partial charge in [-0.1, -0.05) is 84.7 Å². The number of benzene rings is 3. The molecule has 0 bridgehead atoms. The van der Waals surface area contributed by atoms with Crippen molar-refractivity contribution in [2.45, 2.75) is 137 Å². The van der Waals surface area contributed by atoms with Crippen LogP contribution in [0.15, 0.2) is 85.1 Å². The monoisotopic (exact) mass is 676 g/mol. The molecule has 0 spiro atoms. The van der Waals surface area contributed by atoms with Crippen molar-refractivity contribution in [2.24, 2.45) is 0 Å². The number of allylic oxidation sites excluding steroid dienone is 2. The zero-order chi connectivity index (χ0) is 36.3. The topological polar surface area (TPSA) is 7.76 Å². The largest absolute Gasteiger partial charge is 0.250 e. The summed E-state index contributed by atoms with van der Waals surface area (Å²) in [5, 5.41) is 1.31. The average Bonchev–Trinajstić information content (AvgIpc) is 3.22. The van der Waals surface area contributed by atoms with Crippen LogP contribution >= 0.6 is 0 Å². The van der Waals surface area contributed by atoms with E-state index in [4.69, 9.17) is 0 Å². The molecule has 0 radical (unpaired) electrons. The lowest BCUT2D eigenvalue weighted by molar-refractivity contribution is -0.678. The zero-order valence-electron chi connectivity index (χ0n) is 33.1. The molecule has 2 nitrogen and oxygen atoms in total. The standard InChI is InChI=1S/C49H60N2/c1-11-14-17-36-20-21-39-41(29-36)49(12-2,13-3)31-38(50-25-16-15-18-45(39)50)32-51-44-22-19-33(4)26-37(44)27-35(6)46(51)40-30-43-42(28-34(40)5)47(7,8)23-24-48(43,9)10/h15-16,18-22,25-31H,11-14,17,23-24,32H2,1-10H3/q+2. The minimum absolute atomic E-state index is 0.0623. The summed E-state index contributed by atoms with van der Waals surface area (Å²) < 4.78 is 5.16. The Morgan fingerprint density at radius 1 is 0.686 bits per heavy atom. The molecular formula is C49H60N2+2. The van der Waals surface area contributed by atoms with Gasteiger partial charge in [0.15, 0.2) is 6.20 Å². The molecule has 0 fully saturated rings. The molecule has 1 aliphatic heterocycles. The van der Waals surface area contributed by atoms with Crippen LogP contribution < -0.4 is 9.13 Å². The SMILES string of the molecule is CCCCc1ccc2c(c1)C(CC)(CC)C=C(C[n+]1c(-c3cc4c(cc3C)C(C)(C)CCC4(C)C)c(C)cc3cc(C)ccc31)[n+]1ccccc1-2. The fourth-order valence-corrected chi connectivity index (χ4v) is 9.43. The molecule has 264 valence electrons. The second-order valence-corrected chi connectivity index (χ2v) is 17.2. The Balaban J connectivity index is 1.50. The minimum Gasteiger partial charge on any atom is -0.180 e.